The quantitative estimate of drug-likeness (QED) is 0.246. The van der Waals surface area contributed by atoms with Crippen LogP contribution in [-0.4, -0.2) is 19.1 Å². The number of benzene rings is 4. The third-order valence-electron chi connectivity index (χ3n) is 6.56. The standard InChI is InChI=1S/C30H27NO2Si/c1-22-18-19-27(28-26(22)20-21-31-28)30(29(32)23-12-6-3-7-13-23)33-34(2,24-14-8-4-9-15-24)25-16-10-5-11-17-25/h3-21,30-31H,1-2H3/t30-/m0/s1. The minimum absolute atomic E-state index is 0.0362. The van der Waals surface area contributed by atoms with Crippen LogP contribution in [-0.2, 0) is 4.43 Å². The van der Waals surface area contributed by atoms with Crippen molar-refractivity contribution in [3.05, 3.63) is 132 Å². The van der Waals surface area contributed by atoms with Crippen molar-refractivity contribution < 1.29 is 9.22 Å². The molecule has 1 aromatic heterocycles. The normalized spacial score (nSPS) is 12.5. The van der Waals surface area contributed by atoms with E-state index >= 15 is 0 Å². The molecule has 0 aliphatic heterocycles. The minimum Gasteiger partial charge on any atom is -0.394 e. The summed E-state index contributed by atoms with van der Waals surface area (Å²) in [6.45, 7) is 4.27. The molecular formula is C30H27NO2Si. The topological polar surface area (TPSA) is 42.1 Å². The number of H-pyrrole nitrogens is 1. The fourth-order valence-electron chi connectivity index (χ4n) is 4.61. The summed E-state index contributed by atoms with van der Waals surface area (Å²) in [4.78, 5) is 17.4. The third-order valence-corrected chi connectivity index (χ3v) is 10.1. The largest absolute Gasteiger partial charge is 0.394 e. The third kappa shape index (κ3) is 4.02. The van der Waals surface area contributed by atoms with Gasteiger partial charge in [-0.3, -0.25) is 4.79 Å². The SMILES string of the molecule is Cc1ccc([C@H](O[Si](C)(c2ccccc2)c2ccccc2)C(=O)c2ccccc2)c2[nH]ccc12. The average molecular weight is 462 g/mol. The average Bonchev–Trinajstić information content (AvgIpc) is 3.40. The number of rotatable bonds is 7. The van der Waals surface area contributed by atoms with Gasteiger partial charge in [0.25, 0.3) is 8.32 Å². The van der Waals surface area contributed by atoms with Crippen LogP contribution in [0.4, 0.5) is 0 Å². The highest BCUT2D eigenvalue weighted by Crippen LogP contribution is 2.32. The number of aromatic nitrogens is 1. The van der Waals surface area contributed by atoms with Crippen LogP contribution in [0.5, 0.6) is 0 Å². The molecule has 34 heavy (non-hydrogen) atoms. The Hall–Kier alpha value is -3.73. The minimum atomic E-state index is -2.76. The van der Waals surface area contributed by atoms with Crippen molar-refractivity contribution in [1.82, 2.24) is 4.98 Å². The highest BCUT2D eigenvalue weighted by atomic mass is 28.4. The molecule has 5 rings (SSSR count). The van der Waals surface area contributed by atoms with Crippen LogP contribution in [0.25, 0.3) is 10.9 Å². The molecule has 168 valence electrons. The van der Waals surface area contributed by atoms with E-state index in [1.807, 2.05) is 79.0 Å². The lowest BCUT2D eigenvalue weighted by atomic mass is 9.97. The van der Waals surface area contributed by atoms with Crippen LogP contribution in [0.3, 0.4) is 0 Å². The van der Waals surface area contributed by atoms with Crippen molar-refractivity contribution in [2.75, 3.05) is 0 Å². The number of carbonyl (C=O) groups excluding carboxylic acids is 1. The van der Waals surface area contributed by atoms with Crippen molar-refractivity contribution in [3.63, 3.8) is 0 Å². The van der Waals surface area contributed by atoms with Gasteiger partial charge >= 0.3 is 0 Å². The number of fused-ring (bicyclic) bond motifs is 1. The van der Waals surface area contributed by atoms with Gasteiger partial charge < -0.3 is 9.41 Å². The predicted octanol–water partition coefficient (Wildman–Crippen LogP) is 5.81. The van der Waals surface area contributed by atoms with Crippen LogP contribution < -0.4 is 10.4 Å². The molecule has 3 nitrogen and oxygen atoms in total. The molecule has 0 aliphatic rings. The van der Waals surface area contributed by atoms with Gasteiger partial charge in [0, 0.05) is 22.7 Å². The summed E-state index contributed by atoms with van der Waals surface area (Å²) in [6, 6.07) is 36.2. The monoisotopic (exact) mass is 461 g/mol. The van der Waals surface area contributed by atoms with Crippen molar-refractivity contribution in [2.45, 2.75) is 19.6 Å². The van der Waals surface area contributed by atoms with Gasteiger partial charge in [-0.1, -0.05) is 103 Å². The summed E-state index contributed by atoms with van der Waals surface area (Å²) >= 11 is 0. The van der Waals surface area contributed by atoms with E-state index in [0.29, 0.717) is 5.56 Å². The number of nitrogens with one attached hydrogen (secondary N) is 1. The van der Waals surface area contributed by atoms with E-state index in [1.54, 1.807) is 0 Å². The molecule has 0 amide bonds. The summed E-state index contributed by atoms with van der Waals surface area (Å²) in [7, 11) is -2.76. The highest BCUT2D eigenvalue weighted by Gasteiger charge is 2.40. The van der Waals surface area contributed by atoms with Gasteiger partial charge in [0.05, 0.1) is 5.52 Å². The van der Waals surface area contributed by atoms with E-state index in [1.165, 1.54) is 0 Å². The predicted molar refractivity (Wildman–Crippen MR) is 141 cm³/mol. The zero-order valence-corrected chi connectivity index (χ0v) is 20.4. The molecule has 0 unspecified atom stereocenters. The maximum atomic E-state index is 14.0. The fraction of sp³-hybridized carbons (Fsp3) is 0.100. The Morgan fingerprint density at radius 1 is 0.765 bits per heavy atom. The van der Waals surface area contributed by atoms with Crippen molar-refractivity contribution in [3.8, 4) is 0 Å². The lowest BCUT2D eigenvalue weighted by Crippen LogP contribution is -2.59. The van der Waals surface area contributed by atoms with E-state index < -0.39 is 14.4 Å². The Kier molecular flexibility index (Phi) is 6.01. The molecule has 0 bridgehead atoms. The zero-order valence-electron chi connectivity index (χ0n) is 19.4. The Morgan fingerprint density at radius 3 is 1.91 bits per heavy atom. The summed E-state index contributed by atoms with van der Waals surface area (Å²) in [5.41, 5.74) is 3.62. The Morgan fingerprint density at radius 2 is 1.32 bits per heavy atom. The maximum absolute atomic E-state index is 14.0. The second kappa shape index (κ2) is 9.25. The highest BCUT2D eigenvalue weighted by molar-refractivity contribution is 6.96. The van der Waals surface area contributed by atoms with E-state index in [2.05, 4.69) is 54.9 Å². The molecule has 0 aliphatic carbocycles. The first-order chi connectivity index (χ1) is 16.6. The lowest BCUT2D eigenvalue weighted by Gasteiger charge is -2.33. The van der Waals surface area contributed by atoms with E-state index in [9.17, 15) is 4.79 Å². The van der Waals surface area contributed by atoms with E-state index in [4.69, 9.17) is 4.43 Å². The molecule has 1 heterocycles. The smallest absolute Gasteiger partial charge is 0.254 e. The van der Waals surface area contributed by atoms with Gasteiger partial charge in [0.1, 0.15) is 6.10 Å². The van der Waals surface area contributed by atoms with Crippen molar-refractivity contribution in [1.29, 1.82) is 0 Å². The molecule has 0 spiro atoms. The number of hydrogen-bond donors (Lipinski definition) is 1. The summed E-state index contributed by atoms with van der Waals surface area (Å²) in [5.74, 6) is -0.0362. The van der Waals surface area contributed by atoms with Crippen molar-refractivity contribution in [2.24, 2.45) is 0 Å². The second-order valence-corrected chi connectivity index (χ2v) is 12.2. The summed E-state index contributed by atoms with van der Waals surface area (Å²) in [6.07, 6.45) is 1.18. The van der Waals surface area contributed by atoms with Gasteiger partial charge in [-0.25, -0.2) is 0 Å². The first-order valence-electron chi connectivity index (χ1n) is 11.5. The molecule has 1 atom stereocenters. The maximum Gasteiger partial charge on any atom is 0.254 e. The molecule has 5 aromatic rings. The number of carbonyl (C=O) groups is 1. The molecule has 0 saturated carbocycles. The zero-order chi connectivity index (χ0) is 23.5. The second-order valence-electron chi connectivity index (χ2n) is 8.73. The number of aromatic amines is 1. The van der Waals surface area contributed by atoms with Crippen LogP contribution in [0.2, 0.25) is 6.55 Å². The van der Waals surface area contributed by atoms with Crippen LogP contribution in [0, 0.1) is 6.92 Å². The van der Waals surface area contributed by atoms with Gasteiger partial charge in [-0.2, -0.15) is 0 Å². The molecule has 1 N–H and O–H groups in total. The van der Waals surface area contributed by atoms with Gasteiger partial charge in [-0.15, -0.1) is 0 Å². The van der Waals surface area contributed by atoms with E-state index in [-0.39, 0.29) is 5.78 Å². The number of ketones is 1. The van der Waals surface area contributed by atoms with E-state index in [0.717, 1.165) is 32.4 Å². The van der Waals surface area contributed by atoms with Crippen LogP contribution in [0.15, 0.2) is 115 Å². The number of hydrogen-bond acceptors (Lipinski definition) is 2. The summed E-state index contributed by atoms with van der Waals surface area (Å²) < 4.78 is 7.10. The molecule has 0 saturated heterocycles. The number of aryl methyl sites for hydroxylation is 1. The Labute approximate surface area is 201 Å². The van der Waals surface area contributed by atoms with Crippen molar-refractivity contribution >= 4 is 35.4 Å². The van der Waals surface area contributed by atoms with Gasteiger partial charge in [0.15, 0.2) is 5.78 Å². The first-order valence-corrected chi connectivity index (χ1v) is 13.9. The van der Waals surface area contributed by atoms with Crippen LogP contribution >= 0.6 is 0 Å². The molecular weight excluding hydrogens is 434 g/mol. The molecule has 4 heteroatoms. The molecule has 0 radical (unpaired) electrons. The number of Topliss-reactive ketones (excluding diaryl/α,β-unsaturated/α-hetero) is 1. The lowest BCUT2D eigenvalue weighted by molar-refractivity contribution is 0.0788. The van der Waals surface area contributed by atoms with Crippen LogP contribution in [0.1, 0.15) is 27.6 Å². The first kappa shape index (κ1) is 22.1. The molecule has 4 aromatic carbocycles. The Balaban J connectivity index is 1.70. The van der Waals surface area contributed by atoms with Gasteiger partial charge in [0.2, 0.25) is 0 Å². The fourth-order valence-corrected chi connectivity index (χ4v) is 7.57. The Bertz CT molecular complexity index is 1370. The van der Waals surface area contributed by atoms with Gasteiger partial charge in [-0.05, 0) is 35.5 Å². The molecule has 0 fully saturated rings. The summed E-state index contributed by atoms with van der Waals surface area (Å²) in [5, 5.41) is 3.36.